The molecule has 4 nitrogen and oxygen atoms in total. The number of carboxylic acid groups (broad SMARTS) is 1. The van der Waals surface area contributed by atoms with Gasteiger partial charge in [-0.05, 0) is 59.2 Å². The van der Waals surface area contributed by atoms with Gasteiger partial charge < -0.3 is 15.1 Å². The molecule has 0 spiro atoms. The van der Waals surface area contributed by atoms with Crippen molar-refractivity contribution in [3.05, 3.63) is 69.3 Å². The highest BCUT2D eigenvalue weighted by atomic mass is 127. The summed E-state index contributed by atoms with van der Waals surface area (Å²) in [6.45, 7) is 1.93. The lowest BCUT2D eigenvalue weighted by Gasteiger charge is -2.29. The lowest BCUT2D eigenvalue weighted by Crippen LogP contribution is -2.41. The van der Waals surface area contributed by atoms with E-state index in [9.17, 15) is 15.0 Å². The number of hydrogen-bond donors (Lipinski definition) is 2. The van der Waals surface area contributed by atoms with Gasteiger partial charge in [-0.2, -0.15) is 0 Å². The van der Waals surface area contributed by atoms with E-state index in [4.69, 9.17) is 0 Å². The Bertz CT molecular complexity index is 630. The molecule has 0 aromatic heterocycles. The maximum absolute atomic E-state index is 11.6. The molecule has 0 heterocycles. The maximum atomic E-state index is 11.6. The molecule has 5 heteroatoms. The Balaban J connectivity index is 2.05. The van der Waals surface area contributed by atoms with E-state index in [1.165, 1.54) is 4.90 Å². The molecule has 0 saturated carbocycles. The summed E-state index contributed by atoms with van der Waals surface area (Å²) >= 11 is 2.24. The summed E-state index contributed by atoms with van der Waals surface area (Å²) in [7, 11) is 0. The van der Waals surface area contributed by atoms with Crippen molar-refractivity contribution in [3.63, 3.8) is 0 Å². The topological polar surface area (TPSA) is 60.8 Å². The van der Waals surface area contributed by atoms with Crippen LogP contribution in [0, 0.1) is 3.57 Å². The van der Waals surface area contributed by atoms with Crippen LogP contribution in [-0.2, 0) is 6.42 Å². The molecule has 0 radical (unpaired) electrons. The van der Waals surface area contributed by atoms with Crippen molar-refractivity contribution in [2.24, 2.45) is 0 Å². The summed E-state index contributed by atoms with van der Waals surface area (Å²) in [5, 5.41) is 19.8. The van der Waals surface area contributed by atoms with Gasteiger partial charge in [-0.15, -0.1) is 0 Å². The monoisotopic (exact) mass is 425 g/mol. The quantitative estimate of drug-likeness (QED) is 0.690. The summed E-state index contributed by atoms with van der Waals surface area (Å²) in [5.74, 6) is 0. The Kier molecular flexibility index (Phi) is 6.41. The van der Waals surface area contributed by atoms with Crippen molar-refractivity contribution >= 4 is 28.7 Å². The smallest absolute Gasteiger partial charge is 0.407 e. The van der Waals surface area contributed by atoms with E-state index in [0.29, 0.717) is 6.42 Å². The van der Waals surface area contributed by atoms with Gasteiger partial charge in [0.15, 0.2) is 0 Å². The standard InChI is InChI=1S/C18H20INO3/c1-13(11-14-7-9-16(19)10-8-14)20(18(22)23)12-17(21)15-5-3-2-4-6-15/h2-10,13,17,21H,11-12H2,1H3,(H,22,23)/t13-,17-/m1/s1. The van der Waals surface area contributed by atoms with Crippen molar-refractivity contribution < 1.29 is 15.0 Å². The Hall–Kier alpha value is -1.60. The van der Waals surface area contributed by atoms with E-state index >= 15 is 0 Å². The molecule has 2 atom stereocenters. The molecule has 0 saturated heterocycles. The third-order valence-corrected chi connectivity index (χ3v) is 4.50. The molecule has 2 rings (SSSR count). The second kappa shape index (κ2) is 8.31. The van der Waals surface area contributed by atoms with E-state index < -0.39 is 12.2 Å². The van der Waals surface area contributed by atoms with E-state index in [1.807, 2.05) is 49.4 Å². The van der Waals surface area contributed by atoms with Gasteiger partial charge in [-0.25, -0.2) is 4.79 Å². The number of hydrogen-bond acceptors (Lipinski definition) is 2. The molecule has 0 unspecified atom stereocenters. The van der Waals surface area contributed by atoms with Crippen LogP contribution in [0.25, 0.3) is 0 Å². The van der Waals surface area contributed by atoms with E-state index in [2.05, 4.69) is 22.6 Å². The number of benzene rings is 2. The summed E-state index contributed by atoms with van der Waals surface area (Å²) in [5.41, 5.74) is 1.80. The zero-order valence-corrected chi connectivity index (χ0v) is 15.1. The highest BCUT2D eigenvalue weighted by Gasteiger charge is 2.23. The first-order chi connectivity index (χ1) is 11.0. The average molecular weight is 425 g/mol. The molecule has 1 amide bonds. The Labute approximate surface area is 149 Å². The maximum Gasteiger partial charge on any atom is 0.407 e. The van der Waals surface area contributed by atoms with Gasteiger partial charge in [-0.1, -0.05) is 42.5 Å². The Morgan fingerprint density at radius 1 is 1.13 bits per heavy atom. The van der Waals surface area contributed by atoms with Crippen LogP contribution in [0.15, 0.2) is 54.6 Å². The van der Waals surface area contributed by atoms with Crippen LogP contribution < -0.4 is 0 Å². The zero-order chi connectivity index (χ0) is 16.8. The summed E-state index contributed by atoms with van der Waals surface area (Å²) in [4.78, 5) is 12.9. The fraction of sp³-hybridized carbons (Fsp3) is 0.278. The molecule has 0 aliphatic carbocycles. The van der Waals surface area contributed by atoms with E-state index in [0.717, 1.165) is 14.7 Å². The molecule has 0 bridgehead atoms. The largest absolute Gasteiger partial charge is 0.465 e. The molecule has 0 aliphatic heterocycles. The van der Waals surface area contributed by atoms with Gasteiger partial charge >= 0.3 is 6.09 Å². The van der Waals surface area contributed by atoms with Crippen LogP contribution in [0.5, 0.6) is 0 Å². The van der Waals surface area contributed by atoms with Crippen molar-refractivity contribution in [1.29, 1.82) is 0 Å². The SMILES string of the molecule is C[C@H](Cc1ccc(I)cc1)N(C[C@@H](O)c1ccccc1)C(=O)O. The molecule has 23 heavy (non-hydrogen) atoms. The highest BCUT2D eigenvalue weighted by Crippen LogP contribution is 2.18. The van der Waals surface area contributed by atoms with Gasteiger partial charge in [0.2, 0.25) is 0 Å². The summed E-state index contributed by atoms with van der Waals surface area (Å²) in [6.07, 6.45) is -1.23. The molecule has 2 aromatic rings. The van der Waals surface area contributed by atoms with Gasteiger partial charge in [0, 0.05) is 9.61 Å². The molecule has 122 valence electrons. The number of carbonyl (C=O) groups is 1. The molecule has 2 aromatic carbocycles. The number of amides is 1. The minimum Gasteiger partial charge on any atom is -0.465 e. The second-order valence-corrected chi connectivity index (χ2v) is 6.79. The second-order valence-electron chi connectivity index (χ2n) is 5.54. The number of aliphatic hydroxyl groups excluding tert-OH is 1. The first-order valence-corrected chi connectivity index (χ1v) is 8.52. The Morgan fingerprint density at radius 2 is 1.74 bits per heavy atom. The summed E-state index contributed by atoms with van der Waals surface area (Å²) < 4.78 is 1.15. The van der Waals surface area contributed by atoms with E-state index in [1.54, 1.807) is 12.1 Å². The minimum absolute atomic E-state index is 0.0604. The predicted octanol–water partition coefficient (Wildman–Crippen LogP) is 3.94. The minimum atomic E-state index is -1.02. The van der Waals surface area contributed by atoms with Crippen LogP contribution in [-0.4, -0.2) is 33.8 Å². The first kappa shape index (κ1) is 17.7. The van der Waals surface area contributed by atoms with Crippen LogP contribution >= 0.6 is 22.6 Å². The number of nitrogens with zero attached hydrogens (tertiary/aromatic N) is 1. The lowest BCUT2D eigenvalue weighted by molar-refractivity contribution is 0.0799. The van der Waals surface area contributed by atoms with Crippen molar-refractivity contribution in [2.75, 3.05) is 6.54 Å². The number of aliphatic hydroxyl groups is 1. The third kappa shape index (κ3) is 5.21. The third-order valence-electron chi connectivity index (χ3n) is 3.78. The molecule has 0 aliphatic rings. The normalized spacial score (nSPS) is 13.3. The van der Waals surface area contributed by atoms with Crippen LogP contribution in [0.3, 0.4) is 0 Å². The first-order valence-electron chi connectivity index (χ1n) is 7.44. The molecule has 2 N–H and O–H groups in total. The lowest BCUT2D eigenvalue weighted by atomic mass is 10.0. The zero-order valence-electron chi connectivity index (χ0n) is 12.9. The number of halogens is 1. The van der Waals surface area contributed by atoms with Gasteiger partial charge in [-0.3, -0.25) is 0 Å². The molecular weight excluding hydrogens is 405 g/mol. The van der Waals surface area contributed by atoms with E-state index in [-0.39, 0.29) is 12.6 Å². The molecular formula is C18H20INO3. The average Bonchev–Trinajstić information content (AvgIpc) is 2.55. The fourth-order valence-electron chi connectivity index (χ4n) is 2.49. The van der Waals surface area contributed by atoms with Gasteiger partial charge in [0.1, 0.15) is 0 Å². The van der Waals surface area contributed by atoms with Crippen LogP contribution in [0.1, 0.15) is 24.2 Å². The van der Waals surface area contributed by atoms with Crippen molar-refractivity contribution in [1.82, 2.24) is 4.90 Å². The number of rotatable bonds is 6. The van der Waals surface area contributed by atoms with Crippen molar-refractivity contribution in [2.45, 2.75) is 25.5 Å². The summed E-state index contributed by atoms with van der Waals surface area (Å²) in [6, 6.07) is 16.9. The van der Waals surface area contributed by atoms with Crippen LogP contribution in [0.2, 0.25) is 0 Å². The highest BCUT2D eigenvalue weighted by molar-refractivity contribution is 14.1. The van der Waals surface area contributed by atoms with Gasteiger partial charge in [0.05, 0.1) is 12.6 Å². The predicted molar refractivity (Wildman–Crippen MR) is 98.5 cm³/mol. The Morgan fingerprint density at radius 3 is 2.30 bits per heavy atom. The van der Waals surface area contributed by atoms with Gasteiger partial charge in [0.25, 0.3) is 0 Å². The van der Waals surface area contributed by atoms with Crippen LogP contribution in [0.4, 0.5) is 4.79 Å². The molecule has 0 fully saturated rings. The van der Waals surface area contributed by atoms with Crippen molar-refractivity contribution in [3.8, 4) is 0 Å². The fourth-order valence-corrected chi connectivity index (χ4v) is 2.84.